The fraction of sp³-hybridized carbons (Fsp3) is 0.545. The van der Waals surface area contributed by atoms with Gasteiger partial charge in [0.1, 0.15) is 0 Å². The number of amides is 2. The molecule has 0 spiro atoms. The highest BCUT2D eigenvalue weighted by Gasteiger charge is 2.40. The molecular formula is C11H16N4O. The highest BCUT2D eigenvalue weighted by molar-refractivity contribution is 5.77. The van der Waals surface area contributed by atoms with Crippen molar-refractivity contribution in [2.24, 2.45) is 0 Å². The summed E-state index contributed by atoms with van der Waals surface area (Å²) in [7, 11) is 1.88. The van der Waals surface area contributed by atoms with Crippen molar-refractivity contribution in [2.75, 3.05) is 26.7 Å². The van der Waals surface area contributed by atoms with E-state index in [9.17, 15) is 4.79 Å². The first kappa shape index (κ1) is 9.72. The van der Waals surface area contributed by atoms with Crippen molar-refractivity contribution in [3.63, 3.8) is 0 Å². The van der Waals surface area contributed by atoms with Crippen molar-refractivity contribution in [3.8, 4) is 0 Å². The van der Waals surface area contributed by atoms with E-state index in [1.165, 1.54) is 5.56 Å². The molecule has 86 valence electrons. The molecule has 1 unspecified atom stereocenters. The molecule has 2 saturated heterocycles. The Labute approximate surface area is 94.4 Å². The van der Waals surface area contributed by atoms with E-state index in [-0.39, 0.29) is 12.1 Å². The number of nitrogens with zero attached hydrogens (tertiary/aromatic N) is 2. The van der Waals surface area contributed by atoms with Crippen LogP contribution >= 0.6 is 0 Å². The third-order valence-corrected chi connectivity index (χ3v) is 3.59. The highest BCUT2D eigenvalue weighted by Crippen LogP contribution is 2.29. The van der Waals surface area contributed by atoms with Crippen molar-refractivity contribution in [1.82, 2.24) is 20.1 Å². The predicted molar refractivity (Wildman–Crippen MR) is 60.1 cm³/mol. The number of aromatic nitrogens is 1. The number of hydrogen-bond acceptors (Lipinski definition) is 2. The van der Waals surface area contributed by atoms with E-state index in [0.717, 1.165) is 19.6 Å². The third-order valence-electron chi connectivity index (χ3n) is 3.59. The van der Waals surface area contributed by atoms with E-state index in [4.69, 9.17) is 0 Å². The summed E-state index contributed by atoms with van der Waals surface area (Å²) in [5.74, 6) is 0. The molecule has 2 fully saturated rings. The number of urea groups is 1. The monoisotopic (exact) mass is 220 g/mol. The van der Waals surface area contributed by atoms with Crippen molar-refractivity contribution in [2.45, 2.75) is 12.1 Å². The topological polar surface area (TPSA) is 51.4 Å². The van der Waals surface area contributed by atoms with Gasteiger partial charge in [0.25, 0.3) is 0 Å². The normalized spacial score (nSPS) is 26.3. The second-order valence-electron chi connectivity index (χ2n) is 4.52. The van der Waals surface area contributed by atoms with Crippen LogP contribution in [-0.4, -0.2) is 53.5 Å². The third kappa shape index (κ3) is 1.31. The summed E-state index contributed by atoms with van der Waals surface area (Å²) in [6.45, 7) is 2.67. The van der Waals surface area contributed by atoms with Crippen LogP contribution in [0.4, 0.5) is 4.79 Å². The first-order chi connectivity index (χ1) is 7.77. The number of carbonyl (C=O) groups excluding carboxylic acids is 1. The number of nitrogens with one attached hydrogen (secondary N) is 2. The molecule has 0 aromatic carbocycles. The maximum Gasteiger partial charge on any atom is 0.320 e. The zero-order valence-electron chi connectivity index (χ0n) is 9.31. The Morgan fingerprint density at radius 1 is 1.44 bits per heavy atom. The second kappa shape index (κ2) is 3.52. The van der Waals surface area contributed by atoms with Gasteiger partial charge in [-0.1, -0.05) is 0 Å². The fourth-order valence-electron chi connectivity index (χ4n) is 2.39. The molecule has 2 aliphatic rings. The first-order valence-corrected chi connectivity index (χ1v) is 5.64. The molecule has 5 nitrogen and oxygen atoms in total. The lowest BCUT2D eigenvalue weighted by Crippen LogP contribution is -2.57. The Balaban J connectivity index is 1.80. The van der Waals surface area contributed by atoms with Crippen LogP contribution in [0.25, 0.3) is 0 Å². The van der Waals surface area contributed by atoms with Gasteiger partial charge in [0.15, 0.2) is 0 Å². The Morgan fingerprint density at radius 3 is 2.81 bits per heavy atom. The van der Waals surface area contributed by atoms with Gasteiger partial charge in [-0.15, -0.1) is 0 Å². The van der Waals surface area contributed by atoms with E-state index in [0.29, 0.717) is 6.04 Å². The van der Waals surface area contributed by atoms with Crippen LogP contribution in [0.2, 0.25) is 0 Å². The fourth-order valence-corrected chi connectivity index (χ4v) is 2.39. The summed E-state index contributed by atoms with van der Waals surface area (Å²) in [5.41, 5.74) is 1.19. The van der Waals surface area contributed by atoms with E-state index in [1.807, 2.05) is 35.3 Å². The van der Waals surface area contributed by atoms with Gasteiger partial charge in [-0.3, -0.25) is 0 Å². The summed E-state index contributed by atoms with van der Waals surface area (Å²) in [6.07, 6.45) is 3.87. The summed E-state index contributed by atoms with van der Waals surface area (Å²) >= 11 is 0. The Hall–Kier alpha value is -1.49. The van der Waals surface area contributed by atoms with Crippen LogP contribution in [0.1, 0.15) is 11.6 Å². The molecule has 1 aromatic heterocycles. The smallest absolute Gasteiger partial charge is 0.320 e. The number of carbonyl (C=O) groups is 1. The number of likely N-dealkylation sites (N-methyl/N-ethyl adjacent to an activating group) is 1. The molecule has 1 atom stereocenters. The molecule has 0 saturated carbocycles. The van der Waals surface area contributed by atoms with Gasteiger partial charge >= 0.3 is 6.03 Å². The molecule has 16 heavy (non-hydrogen) atoms. The zero-order chi connectivity index (χ0) is 11.1. The molecule has 1 aromatic rings. The van der Waals surface area contributed by atoms with Gasteiger partial charge in [-0.05, 0) is 11.6 Å². The summed E-state index contributed by atoms with van der Waals surface area (Å²) in [6, 6.07) is 2.77. The number of H-pyrrole nitrogens is 1. The van der Waals surface area contributed by atoms with Crippen molar-refractivity contribution in [1.29, 1.82) is 0 Å². The molecule has 2 amide bonds. The van der Waals surface area contributed by atoms with E-state index in [2.05, 4.69) is 10.3 Å². The van der Waals surface area contributed by atoms with Crippen molar-refractivity contribution in [3.05, 3.63) is 24.0 Å². The standard InChI is InChI=1S/C11H16N4O/c1-14-10(8-2-3-12-4-8)7-15(11(14)16)9-5-13-6-9/h2-4,9-10,12-13H,5-7H2,1H3. The molecule has 2 aliphatic heterocycles. The second-order valence-corrected chi connectivity index (χ2v) is 4.52. The molecule has 0 radical (unpaired) electrons. The summed E-state index contributed by atoms with van der Waals surface area (Å²) < 4.78 is 0. The molecular weight excluding hydrogens is 204 g/mol. The maximum atomic E-state index is 12.1. The molecule has 3 rings (SSSR count). The van der Waals surface area contributed by atoms with Crippen LogP contribution in [-0.2, 0) is 0 Å². The van der Waals surface area contributed by atoms with Crippen LogP contribution in [0, 0.1) is 0 Å². The minimum absolute atomic E-state index is 0.151. The number of rotatable bonds is 2. The minimum atomic E-state index is 0.151. The van der Waals surface area contributed by atoms with Gasteiger partial charge in [-0.2, -0.15) is 0 Å². The van der Waals surface area contributed by atoms with E-state index in [1.54, 1.807) is 0 Å². The molecule has 0 aliphatic carbocycles. The molecule has 0 bridgehead atoms. The largest absolute Gasteiger partial charge is 0.367 e. The van der Waals surface area contributed by atoms with Gasteiger partial charge in [-0.25, -0.2) is 4.79 Å². The lowest BCUT2D eigenvalue weighted by molar-refractivity contribution is 0.162. The Bertz CT molecular complexity index is 385. The van der Waals surface area contributed by atoms with Crippen LogP contribution in [0.15, 0.2) is 18.5 Å². The average Bonchev–Trinajstić information content (AvgIpc) is 2.79. The van der Waals surface area contributed by atoms with Gasteiger partial charge in [0, 0.05) is 39.1 Å². The maximum absolute atomic E-state index is 12.1. The van der Waals surface area contributed by atoms with Gasteiger partial charge < -0.3 is 20.1 Å². The minimum Gasteiger partial charge on any atom is -0.367 e. The Morgan fingerprint density at radius 2 is 2.25 bits per heavy atom. The quantitative estimate of drug-likeness (QED) is 0.757. The molecule has 5 heteroatoms. The van der Waals surface area contributed by atoms with Crippen LogP contribution in [0.3, 0.4) is 0 Å². The van der Waals surface area contributed by atoms with Crippen LogP contribution < -0.4 is 5.32 Å². The predicted octanol–water partition coefficient (Wildman–Crippen LogP) is 0.395. The summed E-state index contributed by atoms with van der Waals surface area (Å²) in [4.78, 5) is 18.9. The van der Waals surface area contributed by atoms with E-state index < -0.39 is 0 Å². The van der Waals surface area contributed by atoms with Crippen molar-refractivity contribution < 1.29 is 4.79 Å². The van der Waals surface area contributed by atoms with Crippen LogP contribution in [0.5, 0.6) is 0 Å². The van der Waals surface area contributed by atoms with Crippen molar-refractivity contribution >= 4 is 6.03 Å². The molecule has 3 heterocycles. The first-order valence-electron chi connectivity index (χ1n) is 5.64. The van der Waals surface area contributed by atoms with E-state index >= 15 is 0 Å². The van der Waals surface area contributed by atoms with Gasteiger partial charge in [0.05, 0.1) is 12.1 Å². The Kier molecular flexibility index (Phi) is 2.14. The lowest BCUT2D eigenvalue weighted by Gasteiger charge is -2.34. The molecule has 2 N–H and O–H groups in total. The SMILES string of the molecule is CN1C(=O)N(C2CNC2)CC1c1cc[nH]c1. The average molecular weight is 220 g/mol. The number of aromatic amines is 1. The zero-order valence-corrected chi connectivity index (χ0v) is 9.31. The summed E-state index contributed by atoms with van der Waals surface area (Å²) in [5, 5.41) is 3.20. The highest BCUT2D eigenvalue weighted by atomic mass is 16.2. The lowest BCUT2D eigenvalue weighted by atomic mass is 10.1. The van der Waals surface area contributed by atoms with Gasteiger partial charge in [0.2, 0.25) is 0 Å². The number of hydrogen-bond donors (Lipinski definition) is 2.